The molecule has 0 amide bonds. The number of nitrogens with zero attached hydrogens (tertiary/aromatic N) is 1. The van der Waals surface area contributed by atoms with E-state index in [0.717, 1.165) is 21.7 Å². The van der Waals surface area contributed by atoms with E-state index in [0.29, 0.717) is 16.9 Å². The lowest BCUT2D eigenvalue weighted by molar-refractivity contribution is -0.131. The Labute approximate surface area is 130 Å². The van der Waals surface area contributed by atoms with Crippen LogP contribution in [0.1, 0.15) is 17.5 Å². The fourth-order valence-corrected chi connectivity index (χ4v) is 2.89. The van der Waals surface area contributed by atoms with Gasteiger partial charge in [0.1, 0.15) is 11.3 Å². The second-order valence-electron chi connectivity index (χ2n) is 4.94. The summed E-state index contributed by atoms with van der Waals surface area (Å²) in [6.07, 6.45) is 0. The minimum Gasteiger partial charge on any atom is -0.426 e. The maximum absolute atomic E-state index is 11.5. The van der Waals surface area contributed by atoms with Crippen molar-refractivity contribution < 1.29 is 13.9 Å². The Morgan fingerprint density at radius 2 is 2.05 bits per heavy atom. The Kier molecular flexibility index (Phi) is 3.54. The molecule has 3 aromatic rings. The summed E-state index contributed by atoms with van der Waals surface area (Å²) in [4.78, 5) is 27.3. The number of benzene rings is 1. The highest BCUT2D eigenvalue weighted by Gasteiger charge is 2.15. The average molecular weight is 315 g/mol. The van der Waals surface area contributed by atoms with Crippen LogP contribution >= 0.6 is 11.3 Å². The van der Waals surface area contributed by atoms with E-state index in [1.54, 1.807) is 6.07 Å². The largest absolute Gasteiger partial charge is 0.426 e. The number of hydrogen-bond donors (Lipinski definition) is 0. The van der Waals surface area contributed by atoms with Crippen molar-refractivity contribution in [1.82, 2.24) is 4.98 Å². The van der Waals surface area contributed by atoms with E-state index in [-0.39, 0.29) is 0 Å². The lowest BCUT2D eigenvalue weighted by Crippen LogP contribution is -2.04. The van der Waals surface area contributed by atoms with E-state index in [2.05, 4.69) is 4.98 Å². The zero-order valence-corrected chi connectivity index (χ0v) is 13.1. The van der Waals surface area contributed by atoms with Gasteiger partial charge >= 0.3 is 11.6 Å². The van der Waals surface area contributed by atoms with Crippen LogP contribution in [0.3, 0.4) is 0 Å². The van der Waals surface area contributed by atoms with E-state index in [4.69, 9.17) is 9.15 Å². The summed E-state index contributed by atoms with van der Waals surface area (Å²) in [6.45, 7) is 5.07. The number of aromatic nitrogens is 1. The van der Waals surface area contributed by atoms with Gasteiger partial charge in [-0.2, -0.15) is 0 Å². The highest BCUT2D eigenvalue weighted by molar-refractivity contribution is 7.09. The Hall–Kier alpha value is -2.47. The first-order valence-electron chi connectivity index (χ1n) is 6.63. The van der Waals surface area contributed by atoms with Crippen molar-refractivity contribution in [3.8, 4) is 17.0 Å². The lowest BCUT2D eigenvalue weighted by atomic mass is 10.1. The monoisotopic (exact) mass is 315 g/mol. The maximum atomic E-state index is 11.5. The van der Waals surface area contributed by atoms with Crippen LogP contribution in [0, 0.1) is 13.8 Å². The summed E-state index contributed by atoms with van der Waals surface area (Å²) in [7, 11) is 0. The van der Waals surface area contributed by atoms with E-state index < -0.39 is 11.6 Å². The van der Waals surface area contributed by atoms with E-state index in [9.17, 15) is 9.59 Å². The Morgan fingerprint density at radius 3 is 2.68 bits per heavy atom. The SMILES string of the molecule is CC(=O)Oc1cc2oc(=O)cc(C)c2cc1-c1csc(C)n1. The normalized spacial score (nSPS) is 10.9. The van der Waals surface area contributed by atoms with Crippen LogP contribution in [0.25, 0.3) is 22.2 Å². The predicted octanol–water partition coefficient (Wildman–Crippen LogP) is 3.46. The quantitative estimate of drug-likeness (QED) is 0.411. The first kappa shape index (κ1) is 14.5. The smallest absolute Gasteiger partial charge is 0.336 e. The molecule has 0 aliphatic rings. The molecule has 1 aromatic carbocycles. The molecular weight excluding hydrogens is 302 g/mol. The molecule has 6 heteroatoms. The minimum absolute atomic E-state index is 0.332. The van der Waals surface area contributed by atoms with Gasteiger partial charge < -0.3 is 9.15 Å². The molecule has 0 aliphatic heterocycles. The Morgan fingerprint density at radius 1 is 1.27 bits per heavy atom. The molecule has 0 aliphatic carbocycles. The Balaban J connectivity index is 2.32. The summed E-state index contributed by atoms with van der Waals surface area (Å²) >= 11 is 1.51. The van der Waals surface area contributed by atoms with Crippen LogP contribution in [0.4, 0.5) is 0 Å². The number of rotatable bonds is 2. The average Bonchev–Trinajstić information content (AvgIpc) is 2.83. The molecule has 22 heavy (non-hydrogen) atoms. The highest BCUT2D eigenvalue weighted by Crippen LogP contribution is 2.35. The van der Waals surface area contributed by atoms with Crippen molar-refractivity contribution in [2.24, 2.45) is 0 Å². The number of ether oxygens (including phenoxy) is 1. The van der Waals surface area contributed by atoms with Gasteiger partial charge in [-0.15, -0.1) is 11.3 Å². The lowest BCUT2D eigenvalue weighted by Gasteiger charge is -2.09. The fourth-order valence-electron chi connectivity index (χ4n) is 2.27. The summed E-state index contributed by atoms with van der Waals surface area (Å²) in [5.74, 6) is -0.110. The number of aryl methyl sites for hydroxylation is 2. The molecule has 5 nitrogen and oxygen atoms in total. The molecule has 0 spiro atoms. The van der Waals surface area contributed by atoms with Gasteiger partial charge in [-0.1, -0.05) is 0 Å². The Bertz CT molecular complexity index is 939. The zero-order chi connectivity index (χ0) is 15.9. The number of fused-ring (bicyclic) bond motifs is 1. The topological polar surface area (TPSA) is 69.4 Å². The van der Waals surface area contributed by atoms with Crippen molar-refractivity contribution in [1.29, 1.82) is 0 Å². The second kappa shape index (κ2) is 5.38. The van der Waals surface area contributed by atoms with E-state index in [1.807, 2.05) is 25.3 Å². The van der Waals surface area contributed by atoms with E-state index in [1.165, 1.54) is 24.3 Å². The number of hydrogen-bond acceptors (Lipinski definition) is 6. The van der Waals surface area contributed by atoms with Crippen LogP contribution in [0.15, 0.2) is 32.8 Å². The fraction of sp³-hybridized carbons (Fsp3) is 0.188. The van der Waals surface area contributed by atoms with Crippen LogP contribution < -0.4 is 10.4 Å². The van der Waals surface area contributed by atoms with Crippen molar-refractivity contribution >= 4 is 28.3 Å². The van der Waals surface area contributed by atoms with E-state index >= 15 is 0 Å². The maximum Gasteiger partial charge on any atom is 0.336 e. The van der Waals surface area contributed by atoms with Gasteiger partial charge in [0, 0.05) is 35.4 Å². The molecule has 0 bridgehead atoms. The van der Waals surface area contributed by atoms with Crippen LogP contribution in [0.5, 0.6) is 5.75 Å². The van der Waals surface area contributed by atoms with Gasteiger partial charge in [-0.05, 0) is 25.5 Å². The van der Waals surface area contributed by atoms with Crippen molar-refractivity contribution in [2.45, 2.75) is 20.8 Å². The molecule has 2 aromatic heterocycles. The van der Waals surface area contributed by atoms with Gasteiger partial charge in [0.25, 0.3) is 0 Å². The number of esters is 1. The molecular formula is C16H13NO4S. The summed E-state index contributed by atoms with van der Waals surface area (Å²) in [5.41, 5.74) is 2.18. The molecule has 2 heterocycles. The van der Waals surface area contributed by atoms with Crippen molar-refractivity contribution in [3.63, 3.8) is 0 Å². The molecule has 112 valence electrons. The number of carbonyl (C=O) groups excluding carboxylic acids is 1. The molecule has 0 atom stereocenters. The summed E-state index contributed by atoms with van der Waals surface area (Å²) in [5, 5.41) is 3.61. The first-order chi connectivity index (χ1) is 10.4. The third kappa shape index (κ3) is 2.65. The van der Waals surface area contributed by atoms with Gasteiger partial charge in [0.05, 0.1) is 10.7 Å². The molecule has 0 unspecified atom stereocenters. The molecule has 0 saturated heterocycles. The predicted molar refractivity (Wildman–Crippen MR) is 84.4 cm³/mol. The van der Waals surface area contributed by atoms with Gasteiger partial charge in [0.2, 0.25) is 0 Å². The number of thiazole rings is 1. The van der Waals surface area contributed by atoms with Crippen LogP contribution in [-0.2, 0) is 4.79 Å². The molecule has 0 fully saturated rings. The number of carbonyl (C=O) groups is 1. The second-order valence-corrected chi connectivity index (χ2v) is 6.00. The van der Waals surface area contributed by atoms with Gasteiger partial charge in [-0.3, -0.25) is 4.79 Å². The zero-order valence-electron chi connectivity index (χ0n) is 12.3. The van der Waals surface area contributed by atoms with Crippen molar-refractivity contribution in [3.05, 3.63) is 44.6 Å². The van der Waals surface area contributed by atoms with Gasteiger partial charge in [0.15, 0.2) is 0 Å². The van der Waals surface area contributed by atoms with Gasteiger partial charge in [-0.25, -0.2) is 9.78 Å². The standard InChI is InChI=1S/C16H13NO4S/c1-8-4-16(19)21-14-6-15(20-10(3)18)12(5-11(8)14)13-7-22-9(2)17-13/h4-7H,1-3H3. The summed E-state index contributed by atoms with van der Waals surface area (Å²) in [6, 6.07) is 4.83. The molecule has 0 radical (unpaired) electrons. The third-order valence-corrected chi connectivity index (χ3v) is 3.97. The van der Waals surface area contributed by atoms with Crippen LogP contribution in [-0.4, -0.2) is 11.0 Å². The third-order valence-electron chi connectivity index (χ3n) is 3.20. The molecule has 0 saturated carbocycles. The molecule has 0 N–H and O–H groups in total. The highest BCUT2D eigenvalue weighted by atomic mass is 32.1. The molecule has 3 rings (SSSR count). The first-order valence-corrected chi connectivity index (χ1v) is 7.51. The van der Waals surface area contributed by atoms with Crippen LogP contribution in [0.2, 0.25) is 0 Å². The summed E-state index contributed by atoms with van der Waals surface area (Å²) < 4.78 is 10.5. The minimum atomic E-state index is -0.442. The van der Waals surface area contributed by atoms with Crippen molar-refractivity contribution in [2.75, 3.05) is 0 Å².